The maximum Gasteiger partial charge on any atom is 0.494 e. The Balaban J connectivity index is 0.000000141. The first-order valence-electron chi connectivity index (χ1n) is 35.2. The van der Waals surface area contributed by atoms with Gasteiger partial charge in [-0.1, -0.05) is 266 Å². The van der Waals surface area contributed by atoms with Crippen molar-refractivity contribution in [3.8, 4) is 148 Å². The highest BCUT2D eigenvalue weighted by Crippen LogP contribution is 2.38. The average molecular weight is 1430 g/mol. The molecule has 0 amide bonds. The Morgan fingerprint density at radius 1 is 0.231 bits per heavy atom. The first-order valence-corrected chi connectivity index (χ1v) is 35.6. The summed E-state index contributed by atoms with van der Waals surface area (Å²) >= 11 is 6.10. The summed E-state index contributed by atoms with van der Waals surface area (Å²) in [4.78, 5) is 52.1. The number of halogens is 1. The van der Waals surface area contributed by atoms with Crippen LogP contribution in [0.2, 0.25) is 5.15 Å². The van der Waals surface area contributed by atoms with Crippen LogP contribution in [-0.2, 0) is 9.31 Å². The highest BCUT2D eigenvalue weighted by atomic mass is 35.5. The molecular formula is C91H69BClN11O4. The summed E-state index contributed by atoms with van der Waals surface area (Å²) in [5, 5.41) is 0.452. The van der Waals surface area contributed by atoms with Crippen LogP contribution in [0.25, 0.3) is 125 Å². The lowest BCUT2D eigenvalue weighted by Gasteiger charge is -2.32. The van der Waals surface area contributed by atoms with E-state index < -0.39 is 7.12 Å². The van der Waals surface area contributed by atoms with E-state index in [1.54, 1.807) is 6.07 Å². The fraction of sp³-hybridized carbons (Fsp3) is 0.0659. The number of nitrogens with zero attached hydrogens (tertiary/aromatic N) is 11. The number of aromatic nitrogens is 11. The number of hydrogen-bond donors (Lipinski definition) is 0. The molecule has 17 heteroatoms. The zero-order valence-corrected chi connectivity index (χ0v) is 60.2. The molecule has 16 aromatic rings. The Labute approximate surface area is 632 Å². The van der Waals surface area contributed by atoms with E-state index in [0.717, 1.165) is 78.1 Å². The summed E-state index contributed by atoms with van der Waals surface area (Å²) in [6.45, 7) is 8.21. The van der Waals surface area contributed by atoms with Gasteiger partial charge in [0.05, 0.1) is 16.9 Å². The molecule has 15 nitrogen and oxygen atoms in total. The second kappa shape index (κ2) is 32.3. The lowest BCUT2D eigenvalue weighted by Crippen LogP contribution is -2.41. The SMILES string of the molecule is CC1(C)OB(c2ccc(Oc3ccc(-c4nc(-c5ccccc5)nc(-c5ccccc5)n4)cc3)cc2)OC1(C)C.Clc1cc(-c2ccccc2)nc(-c2ccccc2)n1.c1ccc(-c2nc(-c3ccccc3)nc(-c3ccc(Oc4ccc(-c5nc(-c6ccccc6)nc(-c6ccccc6)n5)cc4)cc3)n2)cc1. The molecule has 1 aliphatic rings. The zero-order valence-electron chi connectivity index (χ0n) is 59.4. The minimum Gasteiger partial charge on any atom is -0.457 e. The smallest absolute Gasteiger partial charge is 0.457 e. The maximum atomic E-state index is 6.23. The molecule has 522 valence electrons. The van der Waals surface area contributed by atoms with Crippen LogP contribution in [0.4, 0.5) is 0 Å². The van der Waals surface area contributed by atoms with Gasteiger partial charge in [0.2, 0.25) is 0 Å². The second-order valence-corrected chi connectivity index (χ2v) is 26.6. The number of hydrogen-bond acceptors (Lipinski definition) is 15. The summed E-state index contributed by atoms with van der Waals surface area (Å²) in [5.74, 6) is 8.99. The third-order valence-electron chi connectivity index (χ3n) is 18.1. The molecule has 0 bridgehead atoms. The van der Waals surface area contributed by atoms with Crippen LogP contribution >= 0.6 is 11.6 Å². The molecule has 4 aromatic heterocycles. The highest BCUT2D eigenvalue weighted by molar-refractivity contribution is 6.62. The molecular weight excluding hydrogens is 1360 g/mol. The Bertz CT molecular complexity index is 5250. The molecule has 17 rings (SSSR count). The van der Waals surface area contributed by atoms with Gasteiger partial charge in [-0.25, -0.2) is 54.8 Å². The molecule has 12 aromatic carbocycles. The maximum absolute atomic E-state index is 6.23. The lowest BCUT2D eigenvalue weighted by atomic mass is 9.79. The number of rotatable bonds is 16. The van der Waals surface area contributed by atoms with E-state index in [-0.39, 0.29) is 11.2 Å². The molecule has 0 radical (unpaired) electrons. The molecule has 0 unspecified atom stereocenters. The van der Waals surface area contributed by atoms with Crippen LogP contribution < -0.4 is 14.9 Å². The zero-order chi connectivity index (χ0) is 73.7. The van der Waals surface area contributed by atoms with E-state index in [1.807, 2.05) is 340 Å². The van der Waals surface area contributed by atoms with Crippen LogP contribution in [-0.4, -0.2) is 73.1 Å². The van der Waals surface area contributed by atoms with Gasteiger partial charge in [-0.05, 0) is 118 Å². The van der Waals surface area contributed by atoms with Crippen molar-refractivity contribution in [3.05, 3.63) is 351 Å². The second-order valence-electron chi connectivity index (χ2n) is 26.2. The van der Waals surface area contributed by atoms with Gasteiger partial charge in [-0.3, -0.25) is 0 Å². The third kappa shape index (κ3) is 17.0. The van der Waals surface area contributed by atoms with Gasteiger partial charge in [0.15, 0.2) is 58.2 Å². The van der Waals surface area contributed by atoms with E-state index in [1.165, 1.54) is 0 Å². The van der Waals surface area contributed by atoms with Crippen LogP contribution in [0.5, 0.6) is 23.0 Å². The van der Waals surface area contributed by atoms with E-state index in [9.17, 15) is 0 Å². The van der Waals surface area contributed by atoms with Crippen molar-refractivity contribution in [2.24, 2.45) is 0 Å². The Morgan fingerprint density at radius 3 is 0.657 bits per heavy atom. The number of benzene rings is 12. The Morgan fingerprint density at radius 2 is 0.426 bits per heavy atom. The standard InChI is InChI=1S/C42H28N6O.C33H30BN3O3.C16H11ClN2/c1-5-13-29(14-6-1)37-43-38(30-15-7-2-8-16-30)46-41(45-37)33-21-25-35(26-22-33)49-36-27-23-34(24-28-36)42-47-39(31-17-9-3-10-18-31)44-40(48-42)32-19-11-4-12-20-32;1-32(2)33(3,4)40-34(39-32)26-17-21-28(22-18-26)38-27-19-15-25(16-20-27)31-36-29(23-11-7-5-8-12-23)35-30(37-31)24-13-9-6-10-14-24;17-15-11-14(12-7-3-1-4-8-12)18-16(19-15)13-9-5-2-6-10-13/h1-28H;5-22H,1-4H3;1-11H. The molecule has 0 N–H and O–H groups in total. The van der Waals surface area contributed by atoms with Crippen molar-refractivity contribution in [1.29, 1.82) is 0 Å². The van der Waals surface area contributed by atoms with E-state index in [4.69, 9.17) is 75.2 Å². The Hall–Kier alpha value is -13.4. The molecule has 0 aliphatic carbocycles. The quantitative estimate of drug-likeness (QED) is 0.0658. The first kappa shape index (κ1) is 70.3. The predicted molar refractivity (Wildman–Crippen MR) is 429 cm³/mol. The molecule has 0 spiro atoms. The van der Waals surface area contributed by atoms with Crippen LogP contribution in [0.1, 0.15) is 27.7 Å². The summed E-state index contributed by atoms with van der Waals surface area (Å²) in [7, 11) is -0.403. The fourth-order valence-corrected chi connectivity index (χ4v) is 11.8. The minimum atomic E-state index is -0.403. The van der Waals surface area contributed by atoms with Crippen molar-refractivity contribution >= 4 is 24.2 Å². The summed E-state index contributed by atoms with van der Waals surface area (Å²) in [5.41, 5.74) is 11.2. The minimum absolute atomic E-state index is 0.378. The van der Waals surface area contributed by atoms with Crippen LogP contribution in [0.3, 0.4) is 0 Å². The van der Waals surface area contributed by atoms with Gasteiger partial charge >= 0.3 is 7.12 Å². The Kier molecular flexibility index (Phi) is 21.0. The molecule has 0 atom stereocenters. The highest BCUT2D eigenvalue weighted by Gasteiger charge is 2.51. The van der Waals surface area contributed by atoms with Crippen LogP contribution in [0, 0.1) is 0 Å². The lowest BCUT2D eigenvalue weighted by molar-refractivity contribution is 0.00578. The van der Waals surface area contributed by atoms with Crippen molar-refractivity contribution in [3.63, 3.8) is 0 Å². The van der Waals surface area contributed by atoms with Gasteiger partial charge in [0, 0.05) is 67.3 Å². The summed E-state index contributed by atoms with van der Waals surface area (Å²) in [6.07, 6.45) is 0. The van der Waals surface area contributed by atoms with E-state index in [0.29, 0.717) is 80.6 Å². The van der Waals surface area contributed by atoms with E-state index >= 15 is 0 Å². The van der Waals surface area contributed by atoms with Crippen molar-refractivity contribution < 1.29 is 18.8 Å². The van der Waals surface area contributed by atoms with Gasteiger partial charge in [-0.15, -0.1) is 0 Å². The van der Waals surface area contributed by atoms with Crippen LogP contribution in [0.15, 0.2) is 346 Å². The van der Waals surface area contributed by atoms with Gasteiger partial charge < -0.3 is 18.8 Å². The van der Waals surface area contributed by atoms with Crippen molar-refractivity contribution in [1.82, 2.24) is 54.8 Å². The molecule has 0 saturated carbocycles. The fourth-order valence-electron chi connectivity index (χ4n) is 11.7. The number of ether oxygens (including phenoxy) is 2. The summed E-state index contributed by atoms with van der Waals surface area (Å²) < 4.78 is 24.7. The molecule has 1 aliphatic heterocycles. The van der Waals surface area contributed by atoms with E-state index in [2.05, 4.69) is 37.7 Å². The van der Waals surface area contributed by atoms with Crippen molar-refractivity contribution in [2.45, 2.75) is 38.9 Å². The normalized spacial score (nSPS) is 12.5. The third-order valence-corrected chi connectivity index (χ3v) is 18.3. The van der Waals surface area contributed by atoms with Gasteiger partial charge in [0.25, 0.3) is 0 Å². The predicted octanol–water partition coefficient (Wildman–Crippen LogP) is 21.3. The largest absolute Gasteiger partial charge is 0.494 e. The first-order chi connectivity index (χ1) is 52.8. The molecule has 1 fully saturated rings. The summed E-state index contributed by atoms with van der Waals surface area (Å²) in [6, 6.07) is 112. The molecule has 5 heterocycles. The molecule has 108 heavy (non-hydrogen) atoms. The monoisotopic (exact) mass is 1430 g/mol. The topological polar surface area (TPSA) is 179 Å². The molecule has 1 saturated heterocycles. The van der Waals surface area contributed by atoms with Crippen molar-refractivity contribution in [2.75, 3.05) is 0 Å². The average Bonchev–Trinajstić information content (AvgIpc) is 1.59. The van der Waals surface area contributed by atoms with Gasteiger partial charge in [0.1, 0.15) is 28.2 Å². The van der Waals surface area contributed by atoms with Gasteiger partial charge in [-0.2, -0.15) is 0 Å².